The van der Waals surface area contributed by atoms with E-state index in [0.29, 0.717) is 5.69 Å². The molecule has 0 atom stereocenters. The molecule has 0 saturated carbocycles. The van der Waals surface area contributed by atoms with Gasteiger partial charge < -0.3 is 0 Å². The molecular formula is C9H6N4. The first kappa shape index (κ1) is 7.58. The summed E-state index contributed by atoms with van der Waals surface area (Å²) in [4.78, 5) is 6.85. The van der Waals surface area contributed by atoms with Crippen LogP contribution in [0.2, 0.25) is 0 Å². The lowest BCUT2D eigenvalue weighted by molar-refractivity contribution is 1.40. The average molecular weight is 170 g/mol. The summed E-state index contributed by atoms with van der Waals surface area (Å²) >= 11 is 0. The smallest absolute Gasteiger partial charge is 0.0706 e. The van der Waals surface area contributed by atoms with Gasteiger partial charge in [0.1, 0.15) is 0 Å². The second kappa shape index (κ2) is 3.13. The van der Waals surface area contributed by atoms with E-state index in [4.69, 9.17) is 5.53 Å². The van der Waals surface area contributed by atoms with Crippen LogP contribution in [-0.4, -0.2) is 4.98 Å². The molecule has 0 aliphatic rings. The van der Waals surface area contributed by atoms with E-state index in [1.807, 2.05) is 18.2 Å². The second-order valence-electron chi connectivity index (χ2n) is 2.57. The predicted molar refractivity (Wildman–Crippen MR) is 50.5 cm³/mol. The van der Waals surface area contributed by atoms with Crippen LogP contribution in [-0.2, 0) is 0 Å². The lowest BCUT2D eigenvalue weighted by Gasteiger charge is -1.95. The second-order valence-corrected chi connectivity index (χ2v) is 2.57. The normalized spacial score (nSPS) is 9.54. The SMILES string of the molecule is [N-]=[N+]=Nc1ccc2cccnc2c1. The highest BCUT2D eigenvalue weighted by Gasteiger charge is 1.93. The molecule has 1 aromatic carbocycles. The molecule has 0 fully saturated rings. The molecule has 0 saturated heterocycles. The monoisotopic (exact) mass is 170 g/mol. The quantitative estimate of drug-likeness (QED) is 0.368. The standard InChI is InChI=1S/C9H6N4/c10-13-12-8-4-3-7-2-1-5-11-9(7)6-8/h1-6H. The number of azide groups is 1. The number of benzene rings is 1. The molecular weight excluding hydrogens is 164 g/mol. The van der Waals surface area contributed by atoms with Gasteiger partial charge in [-0.1, -0.05) is 23.3 Å². The summed E-state index contributed by atoms with van der Waals surface area (Å²) in [5, 5.41) is 4.54. The molecule has 4 heteroatoms. The van der Waals surface area contributed by atoms with Gasteiger partial charge in [-0.25, -0.2) is 0 Å². The fourth-order valence-electron chi connectivity index (χ4n) is 1.17. The first-order valence-corrected chi connectivity index (χ1v) is 3.80. The topological polar surface area (TPSA) is 61.7 Å². The predicted octanol–water partition coefficient (Wildman–Crippen LogP) is 3.18. The van der Waals surface area contributed by atoms with Gasteiger partial charge in [-0.3, -0.25) is 4.98 Å². The summed E-state index contributed by atoms with van der Waals surface area (Å²) in [6.07, 6.45) is 1.71. The summed E-state index contributed by atoms with van der Waals surface area (Å²) in [5.41, 5.74) is 9.66. The van der Waals surface area contributed by atoms with Gasteiger partial charge in [-0.05, 0) is 17.7 Å². The van der Waals surface area contributed by atoms with Crippen molar-refractivity contribution in [1.82, 2.24) is 4.98 Å². The van der Waals surface area contributed by atoms with E-state index in [1.54, 1.807) is 18.3 Å². The van der Waals surface area contributed by atoms with Crippen molar-refractivity contribution in [3.63, 3.8) is 0 Å². The third-order valence-corrected chi connectivity index (χ3v) is 1.75. The van der Waals surface area contributed by atoms with E-state index >= 15 is 0 Å². The van der Waals surface area contributed by atoms with Gasteiger partial charge in [0, 0.05) is 22.2 Å². The average Bonchev–Trinajstić information content (AvgIpc) is 2.18. The molecule has 0 amide bonds. The first-order valence-electron chi connectivity index (χ1n) is 3.80. The summed E-state index contributed by atoms with van der Waals surface area (Å²) in [5.74, 6) is 0. The Bertz CT molecular complexity index is 486. The number of rotatable bonds is 1. The van der Waals surface area contributed by atoms with E-state index in [9.17, 15) is 0 Å². The Balaban J connectivity index is 2.68. The number of pyridine rings is 1. The highest BCUT2D eigenvalue weighted by atomic mass is 15.1. The number of hydrogen-bond acceptors (Lipinski definition) is 2. The van der Waals surface area contributed by atoms with Crippen LogP contribution in [0.4, 0.5) is 5.69 Å². The maximum absolute atomic E-state index is 8.23. The molecule has 0 bridgehead atoms. The van der Waals surface area contributed by atoms with Gasteiger partial charge in [-0.2, -0.15) is 0 Å². The highest BCUT2D eigenvalue weighted by molar-refractivity contribution is 5.81. The van der Waals surface area contributed by atoms with Gasteiger partial charge in [0.2, 0.25) is 0 Å². The van der Waals surface area contributed by atoms with Crippen LogP contribution in [0.25, 0.3) is 21.3 Å². The van der Waals surface area contributed by atoms with Crippen molar-refractivity contribution in [2.24, 2.45) is 5.11 Å². The first-order chi connectivity index (χ1) is 6.40. The minimum Gasteiger partial charge on any atom is -0.256 e. The van der Waals surface area contributed by atoms with E-state index in [0.717, 1.165) is 10.9 Å². The lowest BCUT2D eigenvalue weighted by Crippen LogP contribution is -1.75. The Hall–Kier alpha value is -2.06. The zero-order valence-electron chi connectivity index (χ0n) is 6.75. The van der Waals surface area contributed by atoms with Crippen molar-refractivity contribution in [3.05, 3.63) is 47.0 Å². The van der Waals surface area contributed by atoms with Crippen LogP contribution >= 0.6 is 0 Å². The Morgan fingerprint density at radius 1 is 1.31 bits per heavy atom. The van der Waals surface area contributed by atoms with Crippen LogP contribution in [0.1, 0.15) is 0 Å². The zero-order valence-corrected chi connectivity index (χ0v) is 6.75. The van der Waals surface area contributed by atoms with E-state index in [2.05, 4.69) is 15.0 Å². The molecule has 0 radical (unpaired) electrons. The molecule has 1 heterocycles. The van der Waals surface area contributed by atoms with Crippen molar-refractivity contribution < 1.29 is 0 Å². The number of nitrogens with zero attached hydrogens (tertiary/aromatic N) is 4. The van der Waals surface area contributed by atoms with Gasteiger partial charge >= 0.3 is 0 Å². The van der Waals surface area contributed by atoms with Crippen molar-refractivity contribution in [1.29, 1.82) is 0 Å². The van der Waals surface area contributed by atoms with Crippen LogP contribution in [0.3, 0.4) is 0 Å². The molecule has 2 rings (SSSR count). The molecule has 0 aliphatic carbocycles. The maximum Gasteiger partial charge on any atom is 0.0706 e. The van der Waals surface area contributed by atoms with Crippen LogP contribution in [0.5, 0.6) is 0 Å². The Morgan fingerprint density at radius 3 is 3.08 bits per heavy atom. The van der Waals surface area contributed by atoms with Gasteiger partial charge in [0.25, 0.3) is 0 Å². The molecule has 0 N–H and O–H groups in total. The summed E-state index contributed by atoms with van der Waals surface area (Å²) in [7, 11) is 0. The fraction of sp³-hybridized carbons (Fsp3) is 0. The van der Waals surface area contributed by atoms with Crippen LogP contribution in [0.15, 0.2) is 41.6 Å². The lowest BCUT2D eigenvalue weighted by atomic mass is 10.2. The molecule has 2 aromatic rings. The molecule has 1 aromatic heterocycles. The fourth-order valence-corrected chi connectivity index (χ4v) is 1.17. The molecule has 13 heavy (non-hydrogen) atoms. The number of hydrogen-bond donors (Lipinski definition) is 0. The van der Waals surface area contributed by atoms with Crippen molar-refractivity contribution in [2.45, 2.75) is 0 Å². The van der Waals surface area contributed by atoms with Crippen molar-refractivity contribution >= 4 is 16.6 Å². The highest BCUT2D eigenvalue weighted by Crippen LogP contribution is 2.18. The molecule has 0 spiro atoms. The Labute approximate surface area is 74.5 Å². The van der Waals surface area contributed by atoms with Crippen molar-refractivity contribution in [3.8, 4) is 0 Å². The van der Waals surface area contributed by atoms with Gasteiger partial charge in [0.05, 0.1) is 5.52 Å². The molecule has 0 aliphatic heterocycles. The van der Waals surface area contributed by atoms with E-state index in [1.165, 1.54) is 0 Å². The minimum atomic E-state index is 0.591. The number of fused-ring (bicyclic) bond motifs is 1. The summed E-state index contributed by atoms with van der Waals surface area (Å²) in [6.45, 7) is 0. The van der Waals surface area contributed by atoms with Crippen LogP contribution in [0, 0.1) is 0 Å². The summed E-state index contributed by atoms with van der Waals surface area (Å²) in [6, 6.07) is 9.24. The Morgan fingerprint density at radius 2 is 2.23 bits per heavy atom. The molecule has 4 nitrogen and oxygen atoms in total. The largest absolute Gasteiger partial charge is 0.256 e. The van der Waals surface area contributed by atoms with Gasteiger partial charge in [0.15, 0.2) is 0 Å². The van der Waals surface area contributed by atoms with Gasteiger partial charge in [-0.15, -0.1) is 0 Å². The Kier molecular flexibility index (Phi) is 1.82. The summed E-state index contributed by atoms with van der Waals surface area (Å²) < 4.78 is 0. The number of aromatic nitrogens is 1. The van der Waals surface area contributed by atoms with E-state index in [-0.39, 0.29) is 0 Å². The maximum atomic E-state index is 8.23. The third-order valence-electron chi connectivity index (χ3n) is 1.75. The molecule has 62 valence electrons. The van der Waals surface area contributed by atoms with E-state index < -0.39 is 0 Å². The van der Waals surface area contributed by atoms with Crippen LogP contribution < -0.4 is 0 Å². The molecule has 0 unspecified atom stereocenters. The zero-order chi connectivity index (χ0) is 9.10. The van der Waals surface area contributed by atoms with Crippen molar-refractivity contribution in [2.75, 3.05) is 0 Å². The third kappa shape index (κ3) is 1.43. The minimum absolute atomic E-state index is 0.591.